The smallest absolute Gasteiger partial charge is 0.159 e. The van der Waals surface area contributed by atoms with E-state index in [0.717, 1.165) is 51.2 Å². The Bertz CT molecular complexity index is 800. The van der Waals surface area contributed by atoms with Gasteiger partial charge in [0.25, 0.3) is 0 Å². The van der Waals surface area contributed by atoms with Crippen molar-refractivity contribution in [3.63, 3.8) is 0 Å². The summed E-state index contributed by atoms with van der Waals surface area (Å²) >= 11 is 0. The Morgan fingerprint density at radius 3 is 2.70 bits per heavy atom. The van der Waals surface area contributed by atoms with Crippen LogP contribution in [0.5, 0.6) is 0 Å². The molecule has 0 unspecified atom stereocenters. The number of nitrogens with zero attached hydrogens (tertiary/aromatic N) is 2. The zero-order valence-corrected chi connectivity index (χ0v) is 21.0. The van der Waals surface area contributed by atoms with Crippen molar-refractivity contribution in [2.45, 2.75) is 91.1 Å². The molecule has 186 valence electrons. The molecule has 0 spiro atoms. The summed E-state index contributed by atoms with van der Waals surface area (Å²) in [5, 5.41) is 16.9. The van der Waals surface area contributed by atoms with Gasteiger partial charge in [0.15, 0.2) is 5.78 Å². The van der Waals surface area contributed by atoms with Gasteiger partial charge in [-0.2, -0.15) is 0 Å². The molecule has 7 nitrogen and oxygen atoms in total. The summed E-state index contributed by atoms with van der Waals surface area (Å²) in [6.45, 7) is 10.4. The number of amidine groups is 1. The Morgan fingerprint density at radius 2 is 1.97 bits per heavy atom. The van der Waals surface area contributed by atoms with E-state index in [2.05, 4.69) is 29.9 Å². The number of hydrogen-bond acceptors (Lipinski definition) is 7. The molecule has 0 aromatic rings. The first-order valence-corrected chi connectivity index (χ1v) is 13.4. The zero-order chi connectivity index (χ0) is 23.4. The lowest BCUT2D eigenvalue weighted by Gasteiger charge is -2.62. The van der Waals surface area contributed by atoms with Crippen molar-refractivity contribution in [1.29, 1.82) is 0 Å². The van der Waals surface area contributed by atoms with Crippen LogP contribution in [0.4, 0.5) is 0 Å². The first kappa shape index (κ1) is 23.6. The van der Waals surface area contributed by atoms with Crippen LogP contribution in [-0.4, -0.2) is 47.2 Å². The van der Waals surface area contributed by atoms with E-state index >= 15 is 0 Å². The molecule has 0 saturated heterocycles. The second-order valence-electron chi connectivity index (χ2n) is 12.3. The third-order valence-corrected chi connectivity index (χ3v) is 10.6. The Hall–Kier alpha value is -1.18. The number of Topliss-reactive ketones (excluding diaryl/α,β-unsaturated/α-hetero) is 1. The van der Waals surface area contributed by atoms with E-state index in [1.165, 1.54) is 25.7 Å². The van der Waals surface area contributed by atoms with Gasteiger partial charge in [-0.3, -0.25) is 10.2 Å². The van der Waals surface area contributed by atoms with Crippen LogP contribution in [0.3, 0.4) is 0 Å². The van der Waals surface area contributed by atoms with Crippen molar-refractivity contribution >= 4 is 11.6 Å². The number of nitrogens with one attached hydrogen (secondary N) is 2. The molecule has 33 heavy (non-hydrogen) atoms. The summed E-state index contributed by atoms with van der Waals surface area (Å²) in [5.74, 6) is 3.80. The fourth-order valence-corrected chi connectivity index (χ4v) is 9.04. The Balaban J connectivity index is 1.35. The number of hydrazone groups is 1. The number of fused-ring (bicyclic) bond motifs is 5. The monoisotopic (exact) mass is 460 g/mol. The molecule has 0 aromatic carbocycles. The maximum absolute atomic E-state index is 13.4. The van der Waals surface area contributed by atoms with Gasteiger partial charge in [0.2, 0.25) is 0 Å². The molecule has 4 aliphatic carbocycles. The van der Waals surface area contributed by atoms with Crippen LogP contribution in [0.25, 0.3) is 0 Å². The minimum Gasteiger partial charge on any atom is -0.390 e. The predicted octanol–water partition coefficient (Wildman–Crippen LogP) is 3.64. The van der Waals surface area contributed by atoms with E-state index in [0.29, 0.717) is 36.0 Å². The molecule has 0 bridgehead atoms. The van der Waals surface area contributed by atoms with E-state index in [9.17, 15) is 9.90 Å². The molecule has 5 aliphatic rings. The molecule has 4 saturated carbocycles. The van der Waals surface area contributed by atoms with Gasteiger partial charge in [-0.25, -0.2) is 5.12 Å². The molecule has 1 heterocycles. The van der Waals surface area contributed by atoms with Gasteiger partial charge in [0.1, 0.15) is 12.4 Å². The van der Waals surface area contributed by atoms with E-state index < -0.39 is 5.60 Å². The third-order valence-electron chi connectivity index (χ3n) is 10.6. The summed E-state index contributed by atoms with van der Waals surface area (Å²) in [5.41, 5.74) is 5.73. The maximum Gasteiger partial charge on any atom is 0.159 e. The van der Waals surface area contributed by atoms with Gasteiger partial charge < -0.3 is 9.84 Å². The van der Waals surface area contributed by atoms with Crippen LogP contribution < -0.4 is 11.0 Å². The van der Waals surface area contributed by atoms with Crippen LogP contribution in [0.15, 0.2) is 5.10 Å². The molecule has 5 rings (SSSR count). The molecular weight excluding hydrogens is 416 g/mol. The molecule has 0 radical (unpaired) electrons. The Kier molecular flexibility index (Phi) is 6.06. The van der Waals surface area contributed by atoms with Crippen molar-refractivity contribution < 1.29 is 14.6 Å². The van der Waals surface area contributed by atoms with E-state index in [1.807, 2.05) is 13.8 Å². The normalized spacial score (nSPS) is 46.8. The fraction of sp³-hybridized carbons (Fsp3) is 0.923. The van der Waals surface area contributed by atoms with Crippen LogP contribution in [-0.2, 0) is 9.53 Å². The second kappa shape index (κ2) is 8.49. The molecule has 0 aromatic heterocycles. The minimum atomic E-state index is -0.527. The lowest BCUT2D eigenvalue weighted by atomic mass is 9.43. The molecule has 7 heteroatoms. The standard InChI is InChI=1S/C26H44N4O3/c1-5-33-16-26-13-12-24(3,32)14-18(26)6-7-19-20-8-9-22(25(20,4)11-10-21(19)26)23(31)15-30-28-17(2)27-29-30/h18-22,29,32H,5-16H2,1-4H3,(H,27,28)/t18-,19-,20-,21-,22+,24+,25-,26+/m0/s1. The second-order valence-corrected chi connectivity index (χ2v) is 12.3. The van der Waals surface area contributed by atoms with Crippen molar-refractivity contribution in [3.05, 3.63) is 0 Å². The lowest BCUT2D eigenvalue weighted by Crippen LogP contribution is -2.58. The fourth-order valence-electron chi connectivity index (χ4n) is 9.04. The van der Waals surface area contributed by atoms with Gasteiger partial charge in [-0.15, -0.1) is 10.6 Å². The number of aliphatic hydroxyl groups is 1. The van der Waals surface area contributed by atoms with E-state index in [-0.39, 0.29) is 16.7 Å². The maximum atomic E-state index is 13.4. The van der Waals surface area contributed by atoms with Gasteiger partial charge >= 0.3 is 0 Å². The average Bonchev–Trinajstić information content (AvgIpc) is 3.34. The van der Waals surface area contributed by atoms with Crippen molar-refractivity contribution in [3.8, 4) is 0 Å². The predicted molar refractivity (Wildman–Crippen MR) is 128 cm³/mol. The number of ether oxygens (including phenoxy) is 1. The molecule has 8 atom stereocenters. The first-order valence-electron chi connectivity index (χ1n) is 13.4. The zero-order valence-electron chi connectivity index (χ0n) is 21.0. The summed E-state index contributed by atoms with van der Waals surface area (Å²) in [6.07, 6.45) is 9.88. The van der Waals surface area contributed by atoms with Gasteiger partial charge in [0, 0.05) is 12.5 Å². The Morgan fingerprint density at radius 1 is 1.15 bits per heavy atom. The molecule has 0 amide bonds. The number of ketones is 1. The highest BCUT2D eigenvalue weighted by Gasteiger charge is 2.63. The summed E-state index contributed by atoms with van der Waals surface area (Å²) in [7, 11) is 0. The SMILES string of the molecule is CCOC[C@]12CC[C@@](C)(O)C[C@@H]1CC[C@H]1[C@@H]3CC[C@H](C(=O)CN4N=C(C)NN4)[C@@]3(C)CC[C@@H]12. The van der Waals surface area contributed by atoms with E-state index in [1.54, 1.807) is 5.12 Å². The van der Waals surface area contributed by atoms with Crippen LogP contribution in [0.2, 0.25) is 0 Å². The van der Waals surface area contributed by atoms with Crippen LogP contribution in [0, 0.1) is 40.4 Å². The summed E-state index contributed by atoms with van der Waals surface area (Å²) in [6, 6.07) is 0. The highest BCUT2D eigenvalue weighted by atomic mass is 16.5. The minimum absolute atomic E-state index is 0.101. The van der Waals surface area contributed by atoms with Crippen molar-refractivity contribution in [2.24, 2.45) is 45.5 Å². The van der Waals surface area contributed by atoms with Gasteiger partial charge in [-0.1, -0.05) is 6.92 Å². The molecule has 1 aliphatic heterocycles. The van der Waals surface area contributed by atoms with Crippen molar-refractivity contribution in [1.82, 2.24) is 16.1 Å². The summed E-state index contributed by atoms with van der Waals surface area (Å²) in [4.78, 5) is 13.4. The largest absolute Gasteiger partial charge is 0.390 e. The average molecular weight is 461 g/mol. The highest BCUT2D eigenvalue weighted by molar-refractivity contribution is 5.85. The molecular formula is C26H44N4O3. The first-order chi connectivity index (χ1) is 15.7. The molecule has 4 fully saturated rings. The topological polar surface area (TPSA) is 86.2 Å². The number of hydrogen-bond donors (Lipinski definition) is 3. The Labute approximate surface area is 199 Å². The van der Waals surface area contributed by atoms with E-state index in [4.69, 9.17) is 4.74 Å². The highest BCUT2D eigenvalue weighted by Crippen LogP contribution is 2.68. The number of carbonyl (C=O) groups excluding carboxylic acids is 1. The number of hydrazine groups is 2. The summed E-state index contributed by atoms with van der Waals surface area (Å²) < 4.78 is 6.16. The quantitative estimate of drug-likeness (QED) is 0.561. The number of rotatable bonds is 6. The number of carbonyl (C=O) groups is 1. The van der Waals surface area contributed by atoms with Gasteiger partial charge in [-0.05, 0) is 113 Å². The van der Waals surface area contributed by atoms with Gasteiger partial charge in [0.05, 0.1) is 12.2 Å². The van der Waals surface area contributed by atoms with Crippen LogP contribution >= 0.6 is 0 Å². The third kappa shape index (κ3) is 3.92. The van der Waals surface area contributed by atoms with Crippen LogP contribution in [0.1, 0.15) is 85.5 Å². The van der Waals surface area contributed by atoms with Crippen molar-refractivity contribution in [2.75, 3.05) is 19.8 Å². The lowest BCUT2D eigenvalue weighted by molar-refractivity contribution is -0.178. The molecule has 3 N–H and O–H groups in total.